The molecule has 31 heavy (non-hydrogen) atoms. The maximum absolute atomic E-state index is 13.9. The summed E-state index contributed by atoms with van der Waals surface area (Å²) in [5.74, 6) is -1.66. The highest BCUT2D eigenvalue weighted by molar-refractivity contribution is 8.00. The maximum atomic E-state index is 13.9. The fourth-order valence-electron chi connectivity index (χ4n) is 3.49. The van der Waals surface area contributed by atoms with Gasteiger partial charge in [0, 0.05) is 31.1 Å². The van der Waals surface area contributed by atoms with Crippen molar-refractivity contribution in [2.45, 2.75) is 9.79 Å². The Labute approximate surface area is 183 Å². The Morgan fingerprint density at radius 3 is 2.35 bits per heavy atom. The Morgan fingerprint density at radius 1 is 0.903 bits per heavy atom. The van der Waals surface area contributed by atoms with E-state index in [1.165, 1.54) is 11.8 Å². The minimum Gasteiger partial charge on any atom is -0.339 e. The molecule has 162 valence electrons. The van der Waals surface area contributed by atoms with Crippen molar-refractivity contribution in [1.82, 2.24) is 9.21 Å². The second kappa shape index (κ2) is 8.94. The first-order valence-corrected chi connectivity index (χ1v) is 12.1. The number of hydrogen-bond acceptors (Lipinski definition) is 4. The van der Waals surface area contributed by atoms with Crippen molar-refractivity contribution in [2.24, 2.45) is 0 Å². The number of carbonyl (C=O) groups is 1. The number of amides is 1. The van der Waals surface area contributed by atoms with Crippen LogP contribution in [0, 0.1) is 11.6 Å². The number of nitrogens with zero attached hydrogens (tertiary/aromatic N) is 2. The van der Waals surface area contributed by atoms with Gasteiger partial charge in [0.25, 0.3) is 0 Å². The zero-order valence-electron chi connectivity index (χ0n) is 16.5. The van der Waals surface area contributed by atoms with Gasteiger partial charge < -0.3 is 4.90 Å². The average Bonchev–Trinajstić information content (AvgIpc) is 2.79. The molecule has 3 aromatic carbocycles. The fraction of sp³-hybridized carbons (Fsp3) is 0.227. The van der Waals surface area contributed by atoms with Crippen LogP contribution in [-0.4, -0.2) is 55.5 Å². The van der Waals surface area contributed by atoms with E-state index in [4.69, 9.17) is 0 Å². The van der Waals surface area contributed by atoms with E-state index in [1.54, 1.807) is 4.90 Å². The third-order valence-corrected chi connectivity index (χ3v) is 8.08. The molecule has 1 fully saturated rings. The van der Waals surface area contributed by atoms with Crippen molar-refractivity contribution in [3.05, 3.63) is 72.3 Å². The van der Waals surface area contributed by atoms with Crippen LogP contribution in [-0.2, 0) is 14.8 Å². The quantitative estimate of drug-likeness (QED) is 0.542. The normalized spacial score (nSPS) is 15.4. The molecule has 0 aromatic heterocycles. The molecule has 1 amide bonds. The zero-order chi connectivity index (χ0) is 22.0. The predicted octanol–water partition coefficient (Wildman–Crippen LogP) is 3.74. The lowest BCUT2D eigenvalue weighted by molar-refractivity contribution is -0.129. The number of thioether (sulfide) groups is 1. The molecule has 5 nitrogen and oxygen atoms in total. The van der Waals surface area contributed by atoms with Gasteiger partial charge in [0.2, 0.25) is 15.9 Å². The molecule has 1 aliphatic heterocycles. The number of hydrogen-bond donors (Lipinski definition) is 0. The van der Waals surface area contributed by atoms with Crippen LogP contribution in [0.25, 0.3) is 10.8 Å². The Kier molecular flexibility index (Phi) is 6.27. The molecule has 1 heterocycles. The van der Waals surface area contributed by atoms with Crippen LogP contribution in [0.1, 0.15) is 0 Å². The lowest BCUT2D eigenvalue weighted by Gasteiger charge is -2.34. The second-order valence-corrected chi connectivity index (χ2v) is 10.1. The van der Waals surface area contributed by atoms with Gasteiger partial charge >= 0.3 is 0 Å². The summed E-state index contributed by atoms with van der Waals surface area (Å²) in [6, 6.07) is 16.3. The Morgan fingerprint density at radius 2 is 1.61 bits per heavy atom. The molecule has 0 bridgehead atoms. The van der Waals surface area contributed by atoms with Crippen LogP contribution in [0.15, 0.2) is 70.5 Å². The number of fused-ring (bicyclic) bond motifs is 1. The lowest BCUT2D eigenvalue weighted by atomic mass is 10.1. The highest BCUT2D eigenvalue weighted by Gasteiger charge is 2.32. The summed E-state index contributed by atoms with van der Waals surface area (Å²) < 4.78 is 53.8. The van der Waals surface area contributed by atoms with E-state index in [0.717, 1.165) is 32.1 Å². The van der Waals surface area contributed by atoms with Gasteiger partial charge in [-0.1, -0.05) is 30.3 Å². The van der Waals surface area contributed by atoms with Crippen LogP contribution in [0.2, 0.25) is 0 Å². The standard InChI is InChI=1S/C22H20F2N2O3S2/c23-18-6-8-20(24)21(14-18)31(28,29)26-11-9-25(10-12-26)22(27)15-30-19-7-5-16-3-1-2-4-17(16)13-19/h1-8,13-14H,9-12,15H2. The number of carbonyl (C=O) groups excluding carboxylic acids is 1. The molecule has 1 aliphatic rings. The zero-order valence-corrected chi connectivity index (χ0v) is 18.1. The molecule has 1 saturated heterocycles. The molecule has 3 aromatic rings. The lowest BCUT2D eigenvalue weighted by Crippen LogP contribution is -2.51. The highest BCUT2D eigenvalue weighted by Crippen LogP contribution is 2.25. The van der Waals surface area contributed by atoms with Crippen LogP contribution in [0.4, 0.5) is 8.78 Å². The van der Waals surface area contributed by atoms with Gasteiger partial charge in [0.15, 0.2) is 0 Å². The number of benzene rings is 3. The van der Waals surface area contributed by atoms with Crippen molar-refractivity contribution in [1.29, 1.82) is 0 Å². The number of piperazine rings is 1. The fourth-order valence-corrected chi connectivity index (χ4v) is 5.83. The summed E-state index contributed by atoms with van der Waals surface area (Å²) in [5, 5.41) is 2.23. The Balaban J connectivity index is 1.35. The van der Waals surface area contributed by atoms with Crippen LogP contribution < -0.4 is 0 Å². The molecule has 0 unspecified atom stereocenters. The third-order valence-electron chi connectivity index (χ3n) is 5.19. The summed E-state index contributed by atoms with van der Waals surface area (Å²) in [7, 11) is -4.17. The van der Waals surface area contributed by atoms with Crippen LogP contribution in [0.5, 0.6) is 0 Å². The molecular weight excluding hydrogens is 442 g/mol. The molecule has 0 N–H and O–H groups in total. The van der Waals surface area contributed by atoms with E-state index in [1.807, 2.05) is 42.5 Å². The van der Waals surface area contributed by atoms with E-state index in [0.29, 0.717) is 6.07 Å². The molecule has 0 atom stereocenters. The highest BCUT2D eigenvalue weighted by atomic mass is 32.2. The summed E-state index contributed by atoms with van der Waals surface area (Å²) in [5.41, 5.74) is 0. The predicted molar refractivity (Wildman–Crippen MR) is 116 cm³/mol. The van der Waals surface area contributed by atoms with Crippen molar-refractivity contribution < 1.29 is 22.0 Å². The average molecular weight is 463 g/mol. The van der Waals surface area contributed by atoms with E-state index >= 15 is 0 Å². The third kappa shape index (κ3) is 4.73. The summed E-state index contributed by atoms with van der Waals surface area (Å²) in [6.45, 7) is 0.468. The Hall–Kier alpha value is -2.49. The van der Waals surface area contributed by atoms with Gasteiger partial charge in [0.05, 0.1) is 5.75 Å². The maximum Gasteiger partial charge on any atom is 0.246 e. The second-order valence-electron chi connectivity index (χ2n) is 7.16. The van der Waals surface area contributed by atoms with E-state index < -0.39 is 26.6 Å². The first-order valence-electron chi connectivity index (χ1n) is 9.69. The minimum atomic E-state index is -4.17. The topological polar surface area (TPSA) is 57.7 Å². The van der Waals surface area contributed by atoms with Crippen LogP contribution in [0.3, 0.4) is 0 Å². The van der Waals surface area contributed by atoms with Gasteiger partial charge in [-0.25, -0.2) is 17.2 Å². The number of rotatable bonds is 5. The van der Waals surface area contributed by atoms with Crippen LogP contribution >= 0.6 is 11.8 Å². The molecule has 4 rings (SSSR count). The largest absolute Gasteiger partial charge is 0.339 e. The van der Waals surface area contributed by atoms with Gasteiger partial charge in [-0.05, 0) is 41.1 Å². The van der Waals surface area contributed by atoms with Crippen molar-refractivity contribution >= 4 is 38.5 Å². The molecule has 9 heteroatoms. The summed E-state index contributed by atoms with van der Waals surface area (Å²) in [4.78, 5) is 14.5. The molecule has 0 aliphatic carbocycles. The summed E-state index contributed by atoms with van der Waals surface area (Å²) in [6.07, 6.45) is 0. The molecule has 0 radical (unpaired) electrons. The number of halogens is 2. The monoisotopic (exact) mass is 462 g/mol. The molecule has 0 saturated carbocycles. The summed E-state index contributed by atoms with van der Waals surface area (Å²) >= 11 is 1.43. The van der Waals surface area contributed by atoms with E-state index in [9.17, 15) is 22.0 Å². The SMILES string of the molecule is O=C(CSc1ccc2ccccc2c1)N1CCN(S(=O)(=O)c2cc(F)ccc2F)CC1. The first kappa shape index (κ1) is 21.7. The Bertz CT molecular complexity index is 1230. The van der Waals surface area contributed by atoms with Crippen molar-refractivity contribution in [3.8, 4) is 0 Å². The van der Waals surface area contributed by atoms with E-state index in [-0.39, 0.29) is 37.8 Å². The number of sulfonamides is 1. The smallest absolute Gasteiger partial charge is 0.246 e. The van der Waals surface area contributed by atoms with Gasteiger partial charge in [-0.3, -0.25) is 4.79 Å². The van der Waals surface area contributed by atoms with Gasteiger partial charge in [-0.15, -0.1) is 11.8 Å². The minimum absolute atomic E-state index is 0.0324. The van der Waals surface area contributed by atoms with Gasteiger partial charge in [0.1, 0.15) is 16.5 Å². The molecular formula is C22H20F2N2O3S2. The first-order chi connectivity index (χ1) is 14.8. The molecule has 0 spiro atoms. The van der Waals surface area contributed by atoms with Crippen molar-refractivity contribution in [3.63, 3.8) is 0 Å². The van der Waals surface area contributed by atoms with E-state index in [2.05, 4.69) is 0 Å². The van der Waals surface area contributed by atoms with Crippen molar-refractivity contribution in [2.75, 3.05) is 31.9 Å². The van der Waals surface area contributed by atoms with Gasteiger partial charge in [-0.2, -0.15) is 4.31 Å².